The van der Waals surface area contributed by atoms with Crippen molar-refractivity contribution in [2.45, 2.75) is 39.3 Å². The summed E-state index contributed by atoms with van der Waals surface area (Å²) in [4.78, 5) is 16.3. The van der Waals surface area contributed by atoms with E-state index < -0.39 is 0 Å². The molecule has 1 aliphatic rings. The van der Waals surface area contributed by atoms with Gasteiger partial charge in [-0.1, -0.05) is 43.6 Å². The van der Waals surface area contributed by atoms with Crippen molar-refractivity contribution in [3.8, 4) is 11.3 Å². The van der Waals surface area contributed by atoms with Gasteiger partial charge in [0.05, 0.1) is 5.69 Å². The Balaban J connectivity index is 1.43. The van der Waals surface area contributed by atoms with E-state index in [9.17, 15) is 0 Å². The summed E-state index contributed by atoms with van der Waals surface area (Å²) in [5.41, 5.74) is 5.72. The topological polar surface area (TPSA) is 41.9 Å². The molecular formula is C22H23ClN4. The second-order valence-electron chi connectivity index (χ2n) is 7.37. The molecule has 0 fully saturated rings. The van der Waals surface area contributed by atoms with Gasteiger partial charge in [0.15, 0.2) is 0 Å². The Morgan fingerprint density at radius 3 is 2.56 bits per heavy atom. The number of pyridine rings is 1. The van der Waals surface area contributed by atoms with Crippen LogP contribution in [0.15, 0.2) is 48.8 Å². The van der Waals surface area contributed by atoms with E-state index in [2.05, 4.69) is 40.8 Å². The normalized spacial score (nSPS) is 14.4. The number of rotatable bonds is 4. The maximum absolute atomic E-state index is 5.96. The number of hydrogen-bond acceptors (Lipinski definition) is 4. The number of benzene rings is 1. The summed E-state index contributed by atoms with van der Waals surface area (Å²) >= 11 is 5.96. The quantitative estimate of drug-likeness (QED) is 0.649. The molecule has 0 N–H and O–H groups in total. The molecule has 0 atom stereocenters. The molecule has 0 unspecified atom stereocenters. The molecule has 3 heterocycles. The van der Waals surface area contributed by atoms with E-state index in [1.807, 2.05) is 36.7 Å². The van der Waals surface area contributed by atoms with Gasteiger partial charge < -0.3 is 0 Å². The molecule has 4 nitrogen and oxygen atoms in total. The molecule has 1 aliphatic heterocycles. The van der Waals surface area contributed by atoms with Crippen LogP contribution in [0.5, 0.6) is 0 Å². The summed E-state index contributed by atoms with van der Waals surface area (Å²) in [6, 6.07) is 12.0. The summed E-state index contributed by atoms with van der Waals surface area (Å²) in [6.45, 7) is 7.07. The van der Waals surface area contributed by atoms with Crippen molar-refractivity contribution in [3.05, 3.63) is 76.5 Å². The lowest BCUT2D eigenvalue weighted by atomic mass is 10.1. The Bertz CT molecular complexity index is 920. The van der Waals surface area contributed by atoms with Crippen molar-refractivity contribution >= 4 is 11.6 Å². The van der Waals surface area contributed by atoms with Crippen LogP contribution in [0.2, 0.25) is 5.02 Å². The Labute approximate surface area is 165 Å². The monoisotopic (exact) mass is 378 g/mol. The molecule has 1 aromatic carbocycles. The molecule has 0 aliphatic carbocycles. The Morgan fingerprint density at radius 1 is 1.04 bits per heavy atom. The molecule has 138 valence electrons. The highest BCUT2D eigenvalue weighted by Crippen LogP contribution is 2.22. The van der Waals surface area contributed by atoms with Crippen molar-refractivity contribution < 1.29 is 0 Å². The van der Waals surface area contributed by atoms with E-state index in [0.717, 1.165) is 48.2 Å². The van der Waals surface area contributed by atoms with Gasteiger partial charge in [-0.3, -0.25) is 9.88 Å². The molecule has 4 rings (SSSR count). The average Bonchev–Trinajstić information content (AvgIpc) is 2.69. The molecule has 0 amide bonds. The first-order valence-corrected chi connectivity index (χ1v) is 9.74. The zero-order valence-electron chi connectivity index (χ0n) is 15.7. The van der Waals surface area contributed by atoms with Gasteiger partial charge in [0.25, 0.3) is 0 Å². The molecule has 0 bridgehead atoms. The minimum atomic E-state index is 0.374. The van der Waals surface area contributed by atoms with Crippen molar-refractivity contribution in [3.63, 3.8) is 0 Å². The van der Waals surface area contributed by atoms with E-state index >= 15 is 0 Å². The highest BCUT2D eigenvalue weighted by atomic mass is 35.5. The van der Waals surface area contributed by atoms with Crippen LogP contribution in [0.4, 0.5) is 0 Å². The third-order valence-electron chi connectivity index (χ3n) is 4.92. The van der Waals surface area contributed by atoms with Gasteiger partial charge in [0.2, 0.25) is 0 Å². The summed E-state index contributed by atoms with van der Waals surface area (Å²) in [7, 11) is 0. The summed E-state index contributed by atoms with van der Waals surface area (Å²) < 4.78 is 0. The zero-order chi connectivity index (χ0) is 18.8. The standard InChI is InChI=1S/C22H23ClN4/c1-15(2)22-25-12-18-14-27(10-9-21(18)26-22)13-16-3-8-20(24-11-16)17-4-6-19(23)7-5-17/h3-8,11-12,15H,9-10,13-14H2,1-2H3. The van der Waals surface area contributed by atoms with Gasteiger partial charge in [-0.05, 0) is 23.8 Å². The smallest absolute Gasteiger partial charge is 0.131 e. The lowest BCUT2D eigenvalue weighted by Gasteiger charge is -2.28. The average molecular weight is 379 g/mol. The van der Waals surface area contributed by atoms with Gasteiger partial charge in [-0.25, -0.2) is 9.97 Å². The van der Waals surface area contributed by atoms with Crippen LogP contribution in [0.1, 0.15) is 42.4 Å². The second-order valence-corrected chi connectivity index (χ2v) is 7.81. The highest BCUT2D eigenvalue weighted by molar-refractivity contribution is 6.30. The van der Waals surface area contributed by atoms with E-state index in [1.165, 1.54) is 16.8 Å². The van der Waals surface area contributed by atoms with Crippen LogP contribution in [0.25, 0.3) is 11.3 Å². The molecule has 27 heavy (non-hydrogen) atoms. The fourth-order valence-corrected chi connectivity index (χ4v) is 3.50. The summed E-state index contributed by atoms with van der Waals surface area (Å²) in [5, 5.41) is 0.741. The van der Waals surface area contributed by atoms with Gasteiger partial charge in [-0.2, -0.15) is 0 Å². The number of nitrogens with zero attached hydrogens (tertiary/aromatic N) is 4. The maximum atomic E-state index is 5.96. The van der Waals surface area contributed by atoms with Gasteiger partial charge in [0, 0.05) is 66.2 Å². The molecule has 2 aromatic heterocycles. The number of halogens is 1. The Morgan fingerprint density at radius 2 is 1.85 bits per heavy atom. The van der Waals surface area contributed by atoms with Gasteiger partial charge in [-0.15, -0.1) is 0 Å². The number of fused-ring (bicyclic) bond motifs is 1. The highest BCUT2D eigenvalue weighted by Gasteiger charge is 2.19. The van der Waals surface area contributed by atoms with Crippen molar-refractivity contribution in [2.24, 2.45) is 0 Å². The molecular weight excluding hydrogens is 356 g/mol. The first-order chi connectivity index (χ1) is 13.1. The van der Waals surface area contributed by atoms with E-state index in [1.54, 1.807) is 0 Å². The first-order valence-electron chi connectivity index (χ1n) is 9.36. The molecule has 5 heteroatoms. The first kappa shape index (κ1) is 18.1. The van der Waals surface area contributed by atoms with Crippen LogP contribution < -0.4 is 0 Å². The van der Waals surface area contributed by atoms with Crippen LogP contribution in [0.3, 0.4) is 0 Å². The van der Waals surface area contributed by atoms with Crippen LogP contribution >= 0.6 is 11.6 Å². The van der Waals surface area contributed by atoms with E-state index in [-0.39, 0.29) is 0 Å². The van der Waals surface area contributed by atoms with Gasteiger partial charge in [0.1, 0.15) is 5.82 Å². The second kappa shape index (κ2) is 7.75. The minimum Gasteiger partial charge on any atom is -0.294 e. The van der Waals surface area contributed by atoms with E-state index in [0.29, 0.717) is 5.92 Å². The summed E-state index contributed by atoms with van der Waals surface area (Å²) in [5.74, 6) is 1.32. The molecule has 0 spiro atoms. The third-order valence-corrected chi connectivity index (χ3v) is 5.17. The van der Waals surface area contributed by atoms with Crippen LogP contribution in [-0.2, 0) is 19.5 Å². The SMILES string of the molecule is CC(C)c1ncc2c(n1)CCN(Cc1ccc(-c3ccc(Cl)cc3)nc1)C2. The molecule has 0 radical (unpaired) electrons. The Hall–Kier alpha value is -2.30. The number of aromatic nitrogens is 3. The summed E-state index contributed by atoms with van der Waals surface area (Å²) in [6.07, 6.45) is 4.96. The molecule has 3 aromatic rings. The van der Waals surface area contributed by atoms with Crippen LogP contribution in [0, 0.1) is 0 Å². The van der Waals surface area contributed by atoms with E-state index in [4.69, 9.17) is 16.6 Å². The Kier molecular flexibility index (Phi) is 5.19. The largest absolute Gasteiger partial charge is 0.294 e. The fraction of sp³-hybridized carbons (Fsp3) is 0.318. The van der Waals surface area contributed by atoms with Crippen molar-refractivity contribution in [2.75, 3.05) is 6.54 Å². The molecule has 0 saturated heterocycles. The lowest BCUT2D eigenvalue weighted by Crippen LogP contribution is -2.31. The number of hydrogen-bond donors (Lipinski definition) is 0. The fourth-order valence-electron chi connectivity index (χ4n) is 3.37. The van der Waals surface area contributed by atoms with Crippen molar-refractivity contribution in [1.29, 1.82) is 0 Å². The van der Waals surface area contributed by atoms with Crippen molar-refractivity contribution in [1.82, 2.24) is 19.9 Å². The van der Waals surface area contributed by atoms with Crippen LogP contribution in [-0.4, -0.2) is 26.4 Å². The lowest BCUT2D eigenvalue weighted by molar-refractivity contribution is 0.242. The molecule has 0 saturated carbocycles. The zero-order valence-corrected chi connectivity index (χ0v) is 16.4. The third kappa shape index (κ3) is 4.18. The van der Waals surface area contributed by atoms with Gasteiger partial charge >= 0.3 is 0 Å². The minimum absolute atomic E-state index is 0.374. The maximum Gasteiger partial charge on any atom is 0.131 e. The predicted octanol–water partition coefficient (Wildman–Crippen LogP) is 4.87. The predicted molar refractivity (Wildman–Crippen MR) is 109 cm³/mol.